The minimum atomic E-state index is -4.48. The normalized spacial score (nSPS) is 11.7. The number of amides is 1. The van der Waals surface area contributed by atoms with Gasteiger partial charge in [0.25, 0.3) is 11.1 Å². The lowest BCUT2D eigenvalue weighted by Gasteiger charge is -2.09. The summed E-state index contributed by atoms with van der Waals surface area (Å²) in [5, 5.41) is 11.8. The van der Waals surface area contributed by atoms with Crippen molar-refractivity contribution >= 4 is 56.4 Å². The Bertz CT molecular complexity index is 1220. The minimum Gasteiger partial charge on any atom is -0.410 e. The molecule has 0 aliphatic heterocycles. The molecule has 4 aromatic rings. The molecule has 154 valence electrons. The molecular formula is C19H11ClF3N3O2S2. The average Bonchev–Trinajstić information content (AvgIpc) is 3.31. The Kier molecular flexibility index (Phi) is 5.72. The molecule has 0 saturated heterocycles. The van der Waals surface area contributed by atoms with Gasteiger partial charge in [0, 0.05) is 15.8 Å². The van der Waals surface area contributed by atoms with Gasteiger partial charge in [-0.1, -0.05) is 47.6 Å². The molecule has 2 aromatic heterocycles. The average molecular weight is 470 g/mol. The highest BCUT2D eigenvalue weighted by Crippen LogP contribution is 2.41. The van der Waals surface area contributed by atoms with Crippen LogP contribution in [0.2, 0.25) is 5.02 Å². The van der Waals surface area contributed by atoms with Gasteiger partial charge in [-0.05, 0) is 24.3 Å². The number of carbonyl (C=O) groups excluding carboxylic acids is 1. The van der Waals surface area contributed by atoms with E-state index in [1.54, 1.807) is 0 Å². The molecule has 1 amide bonds. The van der Waals surface area contributed by atoms with Crippen LogP contribution in [0.15, 0.2) is 58.2 Å². The Morgan fingerprint density at radius 1 is 1.17 bits per heavy atom. The molecule has 0 aliphatic rings. The zero-order chi connectivity index (χ0) is 21.3. The van der Waals surface area contributed by atoms with Gasteiger partial charge in [-0.25, -0.2) is 0 Å². The highest BCUT2D eigenvalue weighted by molar-refractivity contribution is 7.99. The third kappa shape index (κ3) is 4.45. The first-order valence-electron chi connectivity index (χ1n) is 8.42. The van der Waals surface area contributed by atoms with E-state index in [0.29, 0.717) is 9.90 Å². The van der Waals surface area contributed by atoms with Crippen LogP contribution in [-0.4, -0.2) is 21.9 Å². The van der Waals surface area contributed by atoms with Crippen molar-refractivity contribution in [2.75, 3.05) is 11.1 Å². The smallest absolute Gasteiger partial charge is 0.410 e. The van der Waals surface area contributed by atoms with E-state index in [-0.39, 0.29) is 22.6 Å². The SMILES string of the molecule is O=C(CSc1nnc(-c2sc3ccccc3c2Cl)o1)Nc1cccc(C(F)(F)F)c1. The summed E-state index contributed by atoms with van der Waals surface area (Å²) in [5.74, 6) is -0.376. The van der Waals surface area contributed by atoms with Crippen LogP contribution in [0.25, 0.3) is 20.9 Å². The first kappa shape index (κ1) is 20.7. The quantitative estimate of drug-likeness (QED) is 0.345. The van der Waals surface area contributed by atoms with Crippen LogP contribution in [0, 0.1) is 0 Å². The maximum Gasteiger partial charge on any atom is 0.416 e. The standard InChI is InChI=1S/C19H11ClF3N3O2S2/c20-15-12-6-1-2-7-13(12)30-16(15)17-25-26-18(28-17)29-9-14(27)24-11-5-3-4-10(8-11)19(21,22)23/h1-8H,9H2,(H,24,27). The predicted octanol–water partition coefficient (Wildman–Crippen LogP) is 6.35. The maximum atomic E-state index is 12.8. The van der Waals surface area contributed by atoms with Gasteiger partial charge in [0.15, 0.2) is 0 Å². The largest absolute Gasteiger partial charge is 0.416 e. The summed E-state index contributed by atoms with van der Waals surface area (Å²) in [6.45, 7) is 0. The number of benzene rings is 2. The molecule has 4 rings (SSSR count). The van der Waals surface area contributed by atoms with Crippen LogP contribution >= 0.6 is 34.7 Å². The summed E-state index contributed by atoms with van der Waals surface area (Å²) >= 11 is 8.78. The van der Waals surface area contributed by atoms with Gasteiger partial charge >= 0.3 is 6.18 Å². The molecule has 0 aliphatic carbocycles. The van der Waals surface area contributed by atoms with E-state index in [1.807, 2.05) is 24.3 Å². The minimum absolute atomic E-state index is 0.0544. The van der Waals surface area contributed by atoms with Crippen molar-refractivity contribution in [2.45, 2.75) is 11.4 Å². The van der Waals surface area contributed by atoms with E-state index in [0.717, 1.165) is 34.0 Å². The Labute approximate surface area is 181 Å². The van der Waals surface area contributed by atoms with Crippen LogP contribution in [0.1, 0.15) is 5.56 Å². The number of aromatic nitrogens is 2. The number of rotatable bonds is 5. The number of hydrogen-bond acceptors (Lipinski definition) is 6. The highest BCUT2D eigenvalue weighted by atomic mass is 35.5. The number of alkyl halides is 3. The molecule has 0 atom stereocenters. The molecule has 1 N–H and O–H groups in total. The van der Waals surface area contributed by atoms with Crippen molar-refractivity contribution in [3.63, 3.8) is 0 Å². The zero-order valence-corrected chi connectivity index (χ0v) is 17.3. The molecule has 11 heteroatoms. The third-order valence-electron chi connectivity index (χ3n) is 3.94. The van der Waals surface area contributed by atoms with E-state index in [9.17, 15) is 18.0 Å². The van der Waals surface area contributed by atoms with Gasteiger partial charge in [0.1, 0.15) is 4.88 Å². The van der Waals surface area contributed by atoms with Crippen molar-refractivity contribution in [3.05, 3.63) is 59.1 Å². The Balaban J connectivity index is 1.41. The summed E-state index contributed by atoms with van der Waals surface area (Å²) < 4.78 is 44.8. The van der Waals surface area contributed by atoms with Crippen molar-refractivity contribution in [1.82, 2.24) is 10.2 Å². The maximum absolute atomic E-state index is 12.8. The van der Waals surface area contributed by atoms with Crippen LogP contribution in [0.4, 0.5) is 18.9 Å². The lowest BCUT2D eigenvalue weighted by molar-refractivity contribution is -0.137. The number of anilines is 1. The second-order valence-corrected chi connectivity index (χ2v) is 8.39. The number of fused-ring (bicyclic) bond motifs is 1. The van der Waals surface area contributed by atoms with Crippen LogP contribution in [0.5, 0.6) is 0 Å². The predicted molar refractivity (Wildman–Crippen MR) is 111 cm³/mol. The summed E-state index contributed by atoms with van der Waals surface area (Å²) in [6.07, 6.45) is -4.48. The molecule has 0 bridgehead atoms. The fraction of sp³-hybridized carbons (Fsp3) is 0.105. The second-order valence-electron chi connectivity index (χ2n) is 6.03. The third-order valence-corrected chi connectivity index (χ3v) is 6.42. The fourth-order valence-electron chi connectivity index (χ4n) is 2.61. The lowest BCUT2D eigenvalue weighted by atomic mass is 10.2. The topological polar surface area (TPSA) is 68.0 Å². The molecule has 0 radical (unpaired) electrons. The van der Waals surface area contributed by atoms with Crippen LogP contribution in [-0.2, 0) is 11.0 Å². The van der Waals surface area contributed by atoms with Gasteiger partial charge in [0.05, 0.1) is 16.3 Å². The van der Waals surface area contributed by atoms with Crippen molar-refractivity contribution in [3.8, 4) is 10.8 Å². The summed E-state index contributed by atoms with van der Waals surface area (Å²) in [4.78, 5) is 12.7. The van der Waals surface area contributed by atoms with Gasteiger partial charge in [-0.3, -0.25) is 4.79 Å². The highest BCUT2D eigenvalue weighted by Gasteiger charge is 2.30. The van der Waals surface area contributed by atoms with Gasteiger partial charge in [-0.15, -0.1) is 21.5 Å². The van der Waals surface area contributed by atoms with E-state index in [1.165, 1.54) is 23.5 Å². The van der Waals surface area contributed by atoms with E-state index in [4.69, 9.17) is 16.0 Å². The number of hydrogen-bond donors (Lipinski definition) is 1. The number of nitrogens with zero attached hydrogens (tertiary/aromatic N) is 2. The van der Waals surface area contributed by atoms with Gasteiger partial charge in [0.2, 0.25) is 5.91 Å². The van der Waals surface area contributed by atoms with Gasteiger partial charge in [-0.2, -0.15) is 13.2 Å². The molecule has 30 heavy (non-hydrogen) atoms. The molecule has 5 nitrogen and oxygen atoms in total. The van der Waals surface area contributed by atoms with E-state index < -0.39 is 17.6 Å². The molecule has 0 unspecified atom stereocenters. The zero-order valence-electron chi connectivity index (χ0n) is 14.9. The van der Waals surface area contributed by atoms with Crippen LogP contribution in [0.3, 0.4) is 0 Å². The molecular weight excluding hydrogens is 459 g/mol. The number of thiophene rings is 1. The van der Waals surface area contributed by atoms with Crippen molar-refractivity contribution < 1.29 is 22.4 Å². The van der Waals surface area contributed by atoms with E-state index >= 15 is 0 Å². The monoisotopic (exact) mass is 469 g/mol. The molecule has 2 aromatic carbocycles. The first-order chi connectivity index (χ1) is 14.3. The Morgan fingerprint density at radius 3 is 2.73 bits per heavy atom. The van der Waals surface area contributed by atoms with Crippen molar-refractivity contribution in [1.29, 1.82) is 0 Å². The first-order valence-corrected chi connectivity index (χ1v) is 10.6. The number of thioether (sulfide) groups is 1. The lowest BCUT2D eigenvalue weighted by Crippen LogP contribution is -2.15. The number of nitrogens with one attached hydrogen (secondary N) is 1. The van der Waals surface area contributed by atoms with E-state index in [2.05, 4.69) is 15.5 Å². The number of carbonyl (C=O) groups is 1. The number of halogens is 4. The molecule has 0 fully saturated rings. The second kappa shape index (κ2) is 8.29. The van der Waals surface area contributed by atoms with Crippen LogP contribution < -0.4 is 5.32 Å². The Hall–Kier alpha value is -2.56. The molecule has 2 heterocycles. The summed E-state index contributed by atoms with van der Waals surface area (Å²) in [7, 11) is 0. The molecule has 0 spiro atoms. The summed E-state index contributed by atoms with van der Waals surface area (Å²) in [5.41, 5.74) is -0.784. The fourth-order valence-corrected chi connectivity index (χ4v) is 4.61. The summed E-state index contributed by atoms with van der Waals surface area (Å²) in [6, 6.07) is 12.0. The molecule has 0 saturated carbocycles. The van der Waals surface area contributed by atoms with Crippen molar-refractivity contribution in [2.24, 2.45) is 0 Å². The Morgan fingerprint density at radius 2 is 1.97 bits per heavy atom. The van der Waals surface area contributed by atoms with Gasteiger partial charge < -0.3 is 9.73 Å².